The van der Waals surface area contributed by atoms with Crippen molar-refractivity contribution in [1.29, 1.82) is 0 Å². The highest BCUT2D eigenvalue weighted by Crippen LogP contribution is 2.32. The van der Waals surface area contributed by atoms with E-state index in [0.29, 0.717) is 11.5 Å². The molecule has 0 aliphatic carbocycles. The van der Waals surface area contributed by atoms with E-state index < -0.39 is 0 Å². The Morgan fingerprint density at radius 1 is 1.22 bits per heavy atom. The van der Waals surface area contributed by atoms with Crippen LogP contribution in [0.2, 0.25) is 0 Å². The van der Waals surface area contributed by atoms with Crippen LogP contribution in [-0.4, -0.2) is 34.9 Å². The zero-order valence-corrected chi connectivity index (χ0v) is 15.7. The number of amides is 1. The number of aryl methyl sites for hydroxylation is 1. The summed E-state index contributed by atoms with van der Waals surface area (Å²) in [7, 11) is 1.59. The summed E-state index contributed by atoms with van der Waals surface area (Å²) < 4.78 is 12.9. The maximum Gasteiger partial charge on any atom is 0.262 e. The van der Waals surface area contributed by atoms with E-state index in [2.05, 4.69) is 14.9 Å². The van der Waals surface area contributed by atoms with Gasteiger partial charge in [0.1, 0.15) is 11.5 Å². The Bertz CT molecular complexity index is 949. The van der Waals surface area contributed by atoms with E-state index in [1.165, 1.54) is 0 Å². The number of hydrogen-bond donors (Lipinski definition) is 1. The molecule has 6 nitrogen and oxygen atoms in total. The quantitative estimate of drug-likeness (QED) is 0.706. The minimum atomic E-state index is -0.230. The summed E-state index contributed by atoms with van der Waals surface area (Å²) in [5, 5.41) is 3.94. The van der Waals surface area contributed by atoms with Gasteiger partial charge in [-0.1, -0.05) is 36.0 Å². The number of rotatable bonds is 6. The average molecular weight is 381 g/mol. The number of anilines is 1. The van der Waals surface area contributed by atoms with Gasteiger partial charge in [-0.05, 0) is 18.2 Å². The molecule has 1 N–H and O–H groups in total. The smallest absolute Gasteiger partial charge is 0.262 e. The van der Waals surface area contributed by atoms with Crippen LogP contribution in [0.15, 0.2) is 59.9 Å². The summed E-state index contributed by atoms with van der Waals surface area (Å²) in [5.74, 6) is 2.10. The number of nitrogens with zero attached hydrogens (tertiary/aromatic N) is 2. The first kappa shape index (κ1) is 17.5. The first-order valence-corrected chi connectivity index (χ1v) is 9.57. The van der Waals surface area contributed by atoms with Crippen LogP contribution in [0.3, 0.4) is 0 Å². The fourth-order valence-electron chi connectivity index (χ4n) is 2.88. The Morgan fingerprint density at radius 3 is 2.93 bits per heavy atom. The molecule has 0 saturated carbocycles. The number of carbonyl (C=O) groups is 1. The molecule has 1 aromatic heterocycles. The molecule has 4 rings (SSSR count). The summed E-state index contributed by atoms with van der Waals surface area (Å²) in [4.78, 5) is 17.0. The number of thioether (sulfide) groups is 1. The molecule has 0 radical (unpaired) electrons. The molecule has 2 heterocycles. The Hall–Kier alpha value is -2.93. The topological polar surface area (TPSA) is 65.4 Å². The maximum absolute atomic E-state index is 12.4. The van der Waals surface area contributed by atoms with Crippen LogP contribution in [0.1, 0.15) is 0 Å². The number of carbonyl (C=O) groups excluding carboxylic acids is 1. The van der Waals surface area contributed by atoms with E-state index in [0.717, 1.165) is 34.4 Å². The van der Waals surface area contributed by atoms with Crippen molar-refractivity contribution in [3.63, 3.8) is 0 Å². The molecule has 0 bridgehead atoms. The molecule has 1 amide bonds. The van der Waals surface area contributed by atoms with Crippen LogP contribution < -0.4 is 14.8 Å². The SMILES string of the molecule is COc1cccc(OCC(=O)Nc2ccccc2-c2cn3c(n2)SCC3)c1. The number of hydrogen-bond acceptors (Lipinski definition) is 5. The van der Waals surface area contributed by atoms with Crippen molar-refractivity contribution in [1.82, 2.24) is 9.55 Å². The van der Waals surface area contributed by atoms with Crippen molar-refractivity contribution in [2.24, 2.45) is 0 Å². The van der Waals surface area contributed by atoms with Crippen LogP contribution in [0, 0.1) is 0 Å². The molecular weight excluding hydrogens is 362 g/mol. The second-order valence-corrected chi connectivity index (χ2v) is 7.07. The Labute approximate surface area is 161 Å². The van der Waals surface area contributed by atoms with E-state index >= 15 is 0 Å². The number of fused-ring (bicyclic) bond motifs is 1. The van der Waals surface area contributed by atoms with Gasteiger partial charge in [0.2, 0.25) is 0 Å². The van der Waals surface area contributed by atoms with Gasteiger partial charge in [-0.25, -0.2) is 4.98 Å². The minimum absolute atomic E-state index is 0.0863. The number of para-hydroxylation sites is 1. The summed E-state index contributed by atoms with van der Waals surface area (Å²) in [5.41, 5.74) is 2.48. The van der Waals surface area contributed by atoms with Crippen molar-refractivity contribution in [3.05, 3.63) is 54.7 Å². The number of nitrogens with one attached hydrogen (secondary N) is 1. The summed E-state index contributed by atoms with van der Waals surface area (Å²) >= 11 is 1.75. The molecule has 27 heavy (non-hydrogen) atoms. The number of imidazole rings is 1. The van der Waals surface area contributed by atoms with Crippen LogP contribution in [0.5, 0.6) is 11.5 Å². The summed E-state index contributed by atoms with van der Waals surface area (Å²) in [6.45, 7) is 0.882. The first-order chi connectivity index (χ1) is 13.2. The van der Waals surface area contributed by atoms with Gasteiger partial charge in [0.05, 0.1) is 18.5 Å². The number of ether oxygens (including phenoxy) is 2. The van der Waals surface area contributed by atoms with Gasteiger partial charge in [0.25, 0.3) is 5.91 Å². The number of aromatic nitrogens is 2. The first-order valence-electron chi connectivity index (χ1n) is 8.59. The fraction of sp³-hybridized carbons (Fsp3) is 0.200. The van der Waals surface area contributed by atoms with E-state index in [4.69, 9.17) is 9.47 Å². The molecule has 1 aliphatic rings. The van der Waals surface area contributed by atoms with Crippen LogP contribution in [-0.2, 0) is 11.3 Å². The summed E-state index contributed by atoms with van der Waals surface area (Å²) in [6, 6.07) is 14.8. The molecule has 0 saturated heterocycles. The van der Waals surface area contributed by atoms with Gasteiger partial charge >= 0.3 is 0 Å². The monoisotopic (exact) mass is 381 g/mol. The Kier molecular flexibility index (Phi) is 5.02. The van der Waals surface area contributed by atoms with Crippen molar-refractivity contribution >= 4 is 23.4 Å². The third-order valence-corrected chi connectivity index (χ3v) is 5.16. The highest BCUT2D eigenvalue weighted by Gasteiger charge is 2.17. The predicted octanol–water partition coefficient (Wildman–Crippen LogP) is 3.68. The fourth-order valence-corrected chi connectivity index (χ4v) is 3.82. The van der Waals surface area contributed by atoms with Crippen molar-refractivity contribution in [2.45, 2.75) is 11.7 Å². The predicted molar refractivity (Wildman–Crippen MR) is 106 cm³/mol. The van der Waals surface area contributed by atoms with E-state index in [9.17, 15) is 4.79 Å². The molecule has 138 valence electrons. The molecule has 7 heteroatoms. The Morgan fingerprint density at radius 2 is 2.07 bits per heavy atom. The lowest BCUT2D eigenvalue weighted by molar-refractivity contribution is -0.118. The average Bonchev–Trinajstić information content (AvgIpc) is 3.29. The lowest BCUT2D eigenvalue weighted by Crippen LogP contribution is -2.20. The third kappa shape index (κ3) is 3.93. The molecule has 0 spiro atoms. The zero-order chi connectivity index (χ0) is 18.6. The lowest BCUT2D eigenvalue weighted by Gasteiger charge is -2.11. The molecule has 0 atom stereocenters. The summed E-state index contributed by atoms with van der Waals surface area (Å²) in [6.07, 6.45) is 2.03. The Balaban J connectivity index is 1.45. The van der Waals surface area contributed by atoms with Gasteiger partial charge in [0.15, 0.2) is 11.8 Å². The van der Waals surface area contributed by atoms with Gasteiger partial charge < -0.3 is 19.4 Å². The minimum Gasteiger partial charge on any atom is -0.497 e. The second-order valence-electron chi connectivity index (χ2n) is 6.01. The lowest BCUT2D eigenvalue weighted by atomic mass is 10.1. The van der Waals surface area contributed by atoms with Crippen LogP contribution in [0.25, 0.3) is 11.3 Å². The second kappa shape index (κ2) is 7.75. The largest absolute Gasteiger partial charge is 0.497 e. The van der Waals surface area contributed by atoms with Crippen molar-refractivity contribution in [3.8, 4) is 22.8 Å². The van der Waals surface area contributed by atoms with Gasteiger partial charge in [0, 0.05) is 30.1 Å². The molecule has 0 fully saturated rings. The standard InChI is InChI=1S/C20H19N3O3S/c1-25-14-5-4-6-15(11-14)26-13-19(24)21-17-8-3-2-7-16(17)18-12-23-9-10-27-20(23)22-18/h2-8,11-12H,9-10,13H2,1H3,(H,21,24). The van der Waals surface area contributed by atoms with E-state index in [-0.39, 0.29) is 12.5 Å². The molecule has 3 aromatic rings. The van der Waals surface area contributed by atoms with Gasteiger partial charge in [-0.2, -0.15) is 0 Å². The molecule has 0 unspecified atom stereocenters. The molecule has 2 aromatic carbocycles. The van der Waals surface area contributed by atoms with E-state index in [1.54, 1.807) is 31.0 Å². The maximum atomic E-state index is 12.4. The zero-order valence-electron chi connectivity index (χ0n) is 14.8. The highest BCUT2D eigenvalue weighted by molar-refractivity contribution is 7.99. The van der Waals surface area contributed by atoms with Gasteiger partial charge in [-0.15, -0.1) is 0 Å². The van der Waals surface area contributed by atoms with E-state index in [1.807, 2.05) is 42.6 Å². The molecule has 1 aliphatic heterocycles. The van der Waals surface area contributed by atoms with Crippen molar-refractivity contribution in [2.75, 3.05) is 24.8 Å². The van der Waals surface area contributed by atoms with Gasteiger partial charge in [-0.3, -0.25) is 4.79 Å². The van der Waals surface area contributed by atoms with Crippen LogP contribution >= 0.6 is 11.8 Å². The third-order valence-electron chi connectivity index (χ3n) is 4.19. The molecular formula is C20H19N3O3S. The normalized spacial score (nSPS) is 12.5. The highest BCUT2D eigenvalue weighted by atomic mass is 32.2. The van der Waals surface area contributed by atoms with Crippen molar-refractivity contribution < 1.29 is 14.3 Å². The number of benzene rings is 2. The van der Waals surface area contributed by atoms with Crippen LogP contribution in [0.4, 0.5) is 5.69 Å². The number of methoxy groups -OCH3 is 1.